The quantitative estimate of drug-likeness (QED) is 0.891. The lowest BCUT2D eigenvalue weighted by Crippen LogP contribution is -2.09. The van der Waals surface area contributed by atoms with Crippen LogP contribution in [0, 0.1) is 6.92 Å². The van der Waals surface area contributed by atoms with Gasteiger partial charge in [0.2, 0.25) is 5.95 Å². The van der Waals surface area contributed by atoms with Crippen LogP contribution in [-0.2, 0) is 6.18 Å². The molecule has 0 unspecified atom stereocenters. The van der Waals surface area contributed by atoms with Crippen LogP contribution >= 0.6 is 15.9 Å². The van der Waals surface area contributed by atoms with Crippen molar-refractivity contribution in [1.29, 1.82) is 0 Å². The molecule has 2 rings (SSSR count). The summed E-state index contributed by atoms with van der Waals surface area (Å²) >= 11 is 2.93. The van der Waals surface area contributed by atoms with Crippen molar-refractivity contribution in [2.24, 2.45) is 0 Å². The third-order valence-electron chi connectivity index (χ3n) is 2.69. The number of imidazole rings is 1. The summed E-state index contributed by atoms with van der Waals surface area (Å²) in [7, 11) is 0. The van der Waals surface area contributed by atoms with Gasteiger partial charge in [0.25, 0.3) is 0 Å². The molecular weight excluding hydrogens is 335 g/mol. The molecule has 0 aliphatic rings. The van der Waals surface area contributed by atoms with Gasteiger partial charge in [-0.15, -0.1) is 0 Å². The zero-order valence-electron chi connectivity index (χ0n) is 10.9. The summed E-state index contributed by atoms with van der Waals surface area (Å²) in [5, 5.41) is 3.03. The Morgan fingerprint density at radius 2 is 2.05 bits per heavy atom. The predicted octanol–water partition coefficient (Wildman–Crippen LogP) is 4.39. The second kappa shape index (κ2) is 5.47. The number of nitrogens with zero attached hydrogens (tertiary/aromatic N) is 2. The van der Waals surface area contributed by atoms with Gasteiger partial charge < -0.3 is 5.32 Å². The van der Waals surface area contributed by atoms with Crippen LogP contribution in [0.15, 0.2) is 28.9 Å². The Morgan fingerprint density at radius 1 is 1.35 bits per heavy atom. The molecule has 3 nitrogen and oxygen atoms in total. The van der Waals surface area contributed by atoms with Gasteiger partial charge in [-0.25, -0.2) is 4.98 Å². The van der Waals surface area contributed by atoms with Crippen LogP contribution in [0.25, 0.3) is 5.69 Å². The molecule has 1 heterocycles. The zero-order chi connectivity index (χ0) is 14.9. The monoisotopic (exact) mass is 347 g/mol. The fraction of sp³-hybridized carbons (Fsp3) is 0.308. The maximum atomic E-state index is 12.9. The molecule has 7 heteroatoms. The minimum Gasteiger partial charge on any atom is -0.356 e. The lowest BCUT2D eigenvalue weighted by molar-refractivity contribution is -0.138. The van der Waals surface area contributed by atoms with Gasteiger partial charge in [-0.3, -0.25) is 4.57 Å². The van der Waals surface area contributed by atoms with E-state index in [9.17, 15) is 13.2 Å². The van der Waals surface area contributed by atoms with Crippen LogP contribution in [0.2, 0.25) is 0 Å². The number of alkyl halides is 3. The highest BCUT2D eigenvalue weighted by Crippen LogP contribution is 2.36. The van der Waals surface area contributed by atoms with Gasteiger partial charge in [0.15, 0.2) is 0 Å². The molecule has 20 heavy (non-hydrogen) atoms. The van der Waals surface area contributed by atoms with E-state index in [-0.39, 0.29) is 4.47 Å². The summed E-state index contributed by atoms with van der Waals surface area (Å²) in [6, 6.07) is 4.11. The molecule has 0 atom stereocenters. The molecule has 0 saturated heterocycles. The Balaban J connectivity index is 2.54. The van der Waals surface area contributed by atoms with E-state index in [2.05, 4.69) is 26.2 Å². The normalized spacial score (nSPS) is 11.7. The van der Waals surface area contributed by atoms with Crippen molar-refractivity contribution in [1.82, 2.24) is 9.55 Å². The van der Waals surface area contributed by atoms with Crippen molar-refractivity contribution in [3.8, 4) is 5.69 Å². The molecule has 0 spiro atoms. The van der Waals surface area contributed by atoms with Crippen LogP contribution in [0.4, 0.5) is 19.1 Å². The molecule has 0 aliphatic carbocycles. The molecule has 0 radical (unpaired) electrons. The Morgan fingerprint density at radius 3 is 2.65 bits per heavy atom. The minimum absolute atomic E-state index is 0.0237. The van der Waals surface area contributed by atoms with E-state index in [1.165, 1.54) is 6.07 Å². The SMILES string of the molecule is CCNc1nc(C)cn1-c1ccc(Br)c(C(F)(F)F)c1. The van der Waals surface area contributed by atoms with E-state index in [1.807, 2.05) is 6.92 Å². The Kier molecular flexibility index (Phi) is 4.08. The number of anilines is 1. The van der Waals surface area contributed by atoms with Gasteiger partial charge in [-0.05, 0) is 32.0 Å². The third kappa shape index (κ3) is 2.98. The third-order valence-corrected chi connectivity index (χ3v) is 3.39. The van der Waals surface area contributed by atoms with Gasteiger partial charge in [0.1, 0.15) is 0 Å². The van der Waals surface area contributed by atoms with Gasteiger partial charge in [0, 0.05) is 22.9 Å². The zero-order valence-corrected chi connectivity index (χ0v) is 12.5. The average molecular weight is 348 g/mol. The first-order chi connectivity index (χ1) is 9.32. The van der Waals surface area contributed by atoms with E-state index in [0.717, 1.165) is 11.8 Å². The summed E-state index contributed by atoms with van der Waals surface area (Å²) in [4.78, 5) is 4.25. The summed E-state index contributed by atoms with van der Waals surface area (Å²) < 4.78 is 40.4. The lowest BCUT2D eigenvalue weighted by atomic mass is 10.2. The van der Waals surface area contributed by atoms with E-state index < -0.39 is 11.7 Å². The fourth-order valence-electron chi connectivity index (χ4n) is 1.86. The van der Waals surface area contributed by atoms with E-state index in [0.29, 0.717) is 18.2 Å². The van der Waals surface area contributed by atoms with Crippen molar-refractivity contribution < 1.29 is 13.2 Å². The van der Waals surface area contributed by atoms with Crippen LogP contribution < -0.4 is 5.32 Å². The maximum absolute atomic E-state index is 12.9. The minimum atomic E-state index is -4.40. The molecule has 0 fully saturated rings. The van der Waals surface area contributed by atoms with Crippen LogP contribution in [0.3, 0.4) is 0 Å². The van der Waals surface area contributed by atoms with Crippen molar-refractivity contribution in [3.05, 3.63) is 40.1 Å². The first kappa shape index (κ1) is 14.9. The van der Waals surface area contributed by atoms with Crippen LogP contribution in [0.1, 0.15) is 18.2 Å². The van der Waals surface area contributed by atoms with Crippen molar-refractivity contribution in [3.63, 3.8) is 0 Å². The summed E-state index contributed by atoms with van der Waals surface area (Å²) in [6.45, 7) is 4.33. The Hall–Kier alpha value is -1.50. The lowest BCUT2D eigenvalue weighted by Gasteiger charge is -2.13. The Labute approximate surface area is 123 Å². The summed E-state index contributed by atoms with van der Waals surface area (Å²) in [6.07, 6.45) is -2.70. The van der Waals surface area contributed by atoms with Crippen LogP contribution in [0.5, 0.6) is 0 Å². The van der Waals surface area contributed by atoms with Crippen molar-refractivity contribution >= 4 is 21.9 Å². The van der Waals surface area contributed by atoms with Crippen molar-refractivity contribution in [2.45, 2.75) is 20.0 Å². The molecule has 1 aromatic heterocycles. The fourth-order valence-corrected chi connectivity index (χ4v) is 2.33. The molecule has 1 N–H and O–H groups in total. The van der Waals surface area contributed by atoms with Crippen molar-refractivity contribution in [2.75, 3.05) is 11.9 Å². The van der Waals surface area contributed by atoms with Crippen LogP contribution in [-0.4, -0.2) is 16.1 Å². The molecule has 0 bridgehead atoms. The first-order valence-electron chi connectivity index (χ1n) is 6.00. The first-order valence-corrected chi connectivity index (χ1v) is 6.79. The van der Waals surface area contributed by atoms with Gasteiger partial charge in [-0.1, -0.05) is 15.9 Å². The smallest absolute Gasteiger partial charge is 0.356 e. The highest BCUT2D eigenvalue weighted by atomic mass is 79.9. The molecule has 0 aliphatic heterocycles. The molecule has 0 saturated carbocycles. The Bertz CT molecular complexity index is 620. The molecule has 0 amide bonds. The number of hydrogen-bond donors (Lipinski definition) is 1. The van der Waals surface area contributed by atoms with Gasteiger partial charge in [0.05, 0.1) is 11.3 Å². The van der Waals surface area contributed by atoms with E-state index in [4.69, 9.17) is 0 Å². The number of hydrogen-bond acceptors (Lipinski definition) is 2. The molecule has 1 aromatic carbocycles. The summed E-state index contributed by atoms with van der Waals surface area (Å²) in [5.41, 5.74) is 0.443. The second-order valence-corrected chi connectivity index (χ2v) is 5.12. The van der Waals surface area contributed by atoms with E-state index >= 15 is 0 Å². The topological polar surface area (TPSA) is 29.9 Å². The second-order valence-electron chi connectivity index (χ2n) is 4.27. The molecule has 2 aromatic rings. The standard InChI is InChI=1S/C13H13BrF3N3/c1-3-18-12-19-8(2)7-20(12)9-4-5-11(14)10(6-9)13(15,16)17/h4-7H,3H2,1-2H3,(H,18,19). The maximum Gasteiger partial charge on any atom is 0.417 e. The van der Waals surface area contributed by atoms with Gasteiger partial charge >= 0.3 is 6.18 Å². The number of aryl methyl sites for hydroxylation is 1. The van der Waals surface area contributed by atoms with Gasteiger partial charge in [-0.2, -0.15) is 13.2 Å². The number of aromatic nitrogens is 2. The number of benzene rings is 1. The summed E-state index contributed by atoms with van der Waals surface area (Å²) in [5.74, 6) is 0.528. The van der Waals surface area contributed by atoms with E-state index in [1.54, 1.807) is 23.8 Å². The predicted molar refractivity (Wildman–Crippen MR) is 75.2 cm³/mol. The average Bonchev–Trinajstić information content (AvgIpc) is 2.70. The molecule has 108 valence electrons. The molecular formula is C13H13BrF3N3. The number of halogens is 4. The highest BCUT2D eigenvalue weighted by molar-refractivity contribution is 9.10. The number of rotatable bonds is 3. The number of nitrogens with one attached hydrogen (secondary N) is 1. The highest BCUT2D eigenvalue weighted by Gasteiger charge is 2.33. The largest absolute Gasteiger partial charge is 0.417 e.